The number of alkyl halides is 6. The van der Waals surface area contributed by atoms with Crippen LogP contribution >= 0.6 is 11.3 Å². The number of hydrogen-bond acceptors (Lipinski definition) is 8. The first-order valence-electron chi connectivity index (χ1n) is 20.2. The van der Waals surface area contributed by atoms with Crippen LogP contribution in [0, 0.1) is 11.3 Å². The number of thiophene rings is 1. The quantitative estimate of drug-likeness (QED) is 0.191. The molecule has 10 nitrogen and oxygen atoms in total. The van der Waals surface area contributed by atoms with Gasteiger partial charge in [-0.25, -0.2) is 0 Å². The number of likely N-dealkylation sites (tertiary alicyclic amines) is 2. The summed E-state index contributed by atoms with van der Waals surface area (Å²) in [6.07, 6.45) is -0.952. The molecule has 1 unspecified atom stereocenters. The van der Waals surface area contributed by atoms with Crippen LogP contribution in [0.4, 0.5) is 26.3 Å². The Morgan fingerprint density at radius 2 is 1.75 bits per heavy atom. The number of halogens is 6. The molecule has 4 atom stereocenters. The lowest BCUT2D eigenvalue weighted by molar-refractivity contribution is -0.162. The Bertz CT molecular complexity index is 1930. The second kappa shape index (κ2) is 17.1. The minimum Gasteiger partial charge on any atom is -0.495 e. The van der Waals surface area contributed by atoms with Crippen LogP contribution in [-0.4, -0.2) is 85.8 Å². The van der Waals surface area contributed by atoms with E-state index in [2.05, 4.69) is 4.98 Å². The number of nitrogens with zero attached hydrogens (tertiary/aromatic N) is 3. The summed E-state index contributed by atoms with van der Waals surface area (Å²) in [5.41, 5.74) is -5.72. The van der Waals surface area contributed by atoms with E-state index >= 15 is 4.79 Å². The number of aliphatic hydroxyl groups is 1. The largest absolute Gasteiger partial charge is 0.495 e. The number of aromatic nitrogens is 1. The molecular weight excluding hydrogens is 805 g/mol. The molecule has 2 N–H and O–H groups in total. The molecule has 4 heterocycles. The molecule has 4 aliphatic rings. The molecule has 2 aliphatic carbocycles. The van der Waals surface area contributed by atoms with Crippen molar-refractivity contribution >= 4 is 29.1 Å². The van der Waals surface area contributed by atoms with Gasteiger partial charge in [0.2, 0.25) is 5.60 Å². The molecule has 2 aromatic heterocycles. The van der Waals surface area contributed by atoms with Gasteiger partial charge in [0.05, 0.1) is 28.7 Å². The van der Waals surface area contributed by atoms with Crippen molar-refractivity contribution in [3.05, 3.63) is 69.4 Å². The summed E-state index contributed by atoms with van der Waals surface area (Å²) in [4.78, 5) is 46.5. The third-order valence-corrected chi connectivity index (χ3v) is 13.4. The van der Waals surface area contributed by atoms with Crippen LogP contribution in [0.5, 0.6) is 5.75 Å². The van der Waals surface area contributed by atoms with Gasteiger partial charge in [-0.1, -0.05) is 38.8 Å². The molecule has 1 saturated carbocycles. The number of carboxylic acids is 1. The van der Waals surface area contributed by atoms with Crippen LogP contribution in [0.2, 0.25) is 0 Å². The standard InChI is InChI=1S/C42H51F6N3O7S/c1-4-8-32-40(58-28-24-33(59-25-28)42(46,47)48,15-7-20-51(32)35(52)34-30(41(43,44)45)9-5-19-49-34)36(53)50-21-17-39(56,18-22-50)29-11-10-26(2)23-31(29)57-27(3)12-16-38(37(54)55)13-6-14-38/h5,9-11,19,24-27,32,56H,4,6-8,12-18,20-23H2,1-3H3,(H,54,55)/t26?,27-,32-,40+/m1/s1. The topological polar surface area (TPSA) is 130 Å². The summed E-state index contributed by atoms with van der Waals surface area (Å²) in [5.74, 6) is -2.11. The predicted octanol–water partition coefficient (Wildman–Crippen LogP) is 9.05. The number of allylic oxidation sites excluding steroid dienone is 2. The Hall–Kier alpha value is -4.12. The average Bonchev–Trinajstić information content (AvgIpc) is 3.64. The van der Waals surface area contributed by atoms with Crippen molar-refractivity contribution in [2.24, 2.45) is 11.3 Å². The van der Waals surface area contributed by atoms with Crippen LogP contribution in [0.15, 0.2) is 53.3 Å². The third kappa shape index (κ3) is 9.15. The summed E-state index contributed by atoms with van der Waals surface area (Å²) >= 11 is 0.370. The number of piperidine rings is 2. The van der Waals surface area contributed by atoms with Crippen molar-refractivity contribution in [2.75, 3.05) is 19.6 Å². The van der Waals surface area contributed by atoms with Crippen LogP contribution in [0.25, 0.3) is 0 Å². The van der Waals surface area contributed by atoms with Gasteiger partial charge in [0, 0.05) is 55.7 Å². The van der Waals surface area contributed by atoms with Crippen LogP contribution < -0.4 is 4.74 Å². The van der Waals surface area contributed by atoms with E-state index in [4.69, 9.17) is 9.47 Å². The normalized spacial score (nSPS) is 25.0. The number of carbonyl (C=O) groups is 3. The van der Waals surface area contributed by atoms with Crippen molar-refractivity contribution < 1.29 is 60.4 Å². The molecule has 17 heteroatoms. The van der Waals surface area contributed by atoms with Crippen LogP contribution in [-0.2, 0) is 26.7 Å². The molecule has 0 radical (unpaired) electrons. The van der Waals surface area contributed by atoms with Gasteiger partial charge in [0.15, 0.2) is 0 Å². The Morgan fingerprint density at radius 1 is 1.03 bits per heavy atom. The molecule has 0 aromatic carbocycles. The zero-order valence-electron chi connectivity index (χ0n) is 33.3. The van der Waals surface area contributed by atoms with Crippen LogP contribution in [0.3, 0.4) is 0 Å². The number of amides is 2. The highest BCUT2D eigenvalue weighted by atomic mass is 32.1. The van der Waals surface area contributed by atoms with Gasteiger partial charge in [-0.3, -0.25) is 19.4 Å². The van der Waals surface area contributed by atoms with Gasteiger partial charge < -0.3 is 29.5 Å². The lowest BCUT2D eigenvalue weighted by Gasteiger charge is -2.51. The number of aliphatic carboxylic acids is 1. The molecule has 59 heavy (non-hydrogen) atoms. The first-order chi connectivity index (χ1) is 27.7. The fourth-order valence-corrected chi connectivity index (χ4v) is 9.68. The Kier molecular flexibility index (Phi) is 12.9. The molecule has 6 rings (SSSR count). The minimum atomic E-state index is -4.92. The maximum atomic E-state index is 15.0. The zero-order valence-corrected chi connectivity index (χ0v) is 34.1. The number of carboxylic acid groups (broad SMARTS) is 1. The molecule has 2 saturated heterocycles. The maximum absolute atomic E-state index is 15.0. The lowest BCUT2D eigenvalue weighted by Crippen LogP contribution is -2.69. The predicted molar refractivity (Wildman–Crippen MR) is 205 cm³/mol. The summed E-state index contributed by atoms with van der Waals surface area (Å²) in [5, 5.41) is 23.1. The van der Waals surface area contributed by atoms with E-state index in [1.54, 1.807) is 6.92 Å². The summed E-state index contributed by atoms with van der Waals surface area (Å²) in [7, 11) is 0. The van der Waals surface area contributed by atoms with Gasteiger partial charge in [-0.2, -0.15) is 26.3 Å². The second-order valence-corrected chi connectivity index (χ2v) is 17.5. The Balaban J connectivity index is 1.29. The molecule has 2 aliphatic heterocycles. The third-order valence-electron chi connectivity index (χ3n) is 12.4. The number of rotatable bonds is 13. The van der Waals surface area contributed by atoms with E-state index < -0.39 is 68.9 Å². The highest BCUT2D eigenvalue weighted by Crippen LogP contribution is 2.47. The minimum absolute atomic E-state index is 0.0139. The van der Waals surface area contributed by atoms with Crippen molar-refractivity contribution in [1.82, 2.24) is 14.8 Å². The van der Waals surface area contributed by atoms with E-state index in [0.29, 0.717) is 61.2 Å². The first-order valence-corrected chi connectivity index (χ1v) is 21.1. The van der Waals surface area contributed by atoms with E-state index in [1.807, 2.05) is 26.0 Å². The first kappa shape index (κ1) is 44.4. The molecule has 2 aromatic rings. The molecule has 2 amide bonds. The Labute approximate surface area is 343 Å². The number of hydrogen-bond donors (Lipinski definition) is 2. The fraction of sp³-hybridized carbons (Fsp3) is 0.619. The lowest BCUT2D eigenvalue weighted by atomic mass is 9.66. The van der Waals surface area contributed by atoms with E-state index in [-0.39, 0.29) is 69.5 Å². The molecule has 324 valence electrons. The van der Waals surface area contributed by atoms with Crippen molar-refractivity contribution in [3.63, 3.8) is 0 Å². The van der Waals surface area contributed by atoms with E-state index in [0.717, 1.165) is 41.1 Å². The zero-order chi connectivity index (χ0) is 43.0. The van der Waals surface area contributed by atoms with Gasteiger partial charge >= 0.3 is 18.3 Å². The van der Waals surface area contributed by atoms with Crippen LogP contribution in [0.1, 0.15) is 119 Å². The summed E-state index contributed by atoms with van der Waals surface area (Å²) in [6, 6.07) is 1.39. The Morgan fingerprint density at radius 3 is 2.34 bits per heavy atom. The smallest absolute Gasteiger partial charge is 0.425 e. The highest BCUT2D eigenvalue weighted by molar-refractivity contribution is 7.10. The van der Waals surface area contributed by atoms with Gasteiger partial charge in [0.25, 0.3) is 11.8 Å². The fourth-order valence-electron chi connectivity index (χ4n) is 9.00. The number of carbonyl (C=O) groups excluding carboxylic acids is 2. The molecular formula is C42H51F6N3O7S. The molecule has 3 fully saturated rings. The number of pyridine rings is 1. The molecule has 0 bridgehead atoms. The molecule has 0 spiro atoms. The highest BCUT2D eigenvalue weighted by Gasteiger charge is 2.57. The monoisotopic (exact) mass is 855 g/mol. The van der Waals surface area contributed by atoms with Gasteiger partial charge in [-0.15, -0.1) is 11.3 Å². The van der Waals surface area contributed by atoms with Gasteiger partial charge in [0.1, 0.15) is 22.1 Å². The summed E-state index contributed by atoms with van der Waals surface area (Å²) in [6.45, 7) is 5.56. The SMILES string of the molecule is CCC[C@H]1N(C(=O)c2ncccc2C(F)(F)F)CCC[C@@]1(Oc1csc(C(F)(F)F)c1)C(=O)N1CCC(O)(C2=C(O[C@H](C)CCC3(C(=O)O)CCC3)CC(C)C=C2)CC1. The van der Waals surface area contributed by atoms with Gasteiger partial charge in [-0.05, 0) is 76.3 Å². The summed E-state index contributed by atoms with van der Waals surface area (Å²) < 4.78 is 96.4. The van der Waals surface area contributed by atoms with Crippen molar-refractivity contribution in [3.8, 4) is 5.75 Å². The van der Waals surface area contributed by atoms with Crippen molar-refractivity contribution in [2.45, 2.75) is 134 Å². The second-order valence-electron chi connectivity index (χ2n) is 16.5. The average molecular weight is 856 g/mol. The van der Waals surface area contributed by atoms with Crippen molar-refractivity contribution in [1.29, 1.82) is 0 Å². The van der Waals surface area contributed by atoms with E-state index in [1.165, 1.54) is 4.90 Å². The maximum Gasteiger partial charge on any atom is 0.425 e. The van der Waals surface area contributed by atoms with E-state index in [9.17, 15) is 46.1 Å². The number of ether oxygens (including phenoxy) is 2.